The molecule has 3 aromatic rings. The van der Waals surface area contributed by atoms with Gasteiger partial charge >= 0.3 is 0 Å². The summed E-state index contributed by atoms with van der Waals surface area (Å²) in [7, 11) is 5.39. The highest BCUT2D eigenvalue weighted by Gasteiger charge is 2.29. The molecule has 0 radical (unpaired) electrons. The summed E-state index contributed by atoms with van der Waals surface area (Å²) in [5, 5.41) is 6.93. The Balaban J connectivity index is 1.57. The number of aromatic nitrogens is 3. The summed E-state index contributed by atoms with van der Waals surface area (Å²) in [6.07, 6.45) is 3.04. The topological polar surface area (TPSA) is 44.5 Å². The van der Waals surface area contributed by atoms with Crippen molar-refractivity contribution in [2.75, 3.05) is 20.8 Å². The molecule has 1 fully saturated rings. The van der Waals surface area contributed by atoms with E-state index in [1.807, 2.05) is 28.4 Å². The lowest BCUT2D eigenvalue weighted by Crippen LogP contribution is -2.27. The zero-order valence-electron chi connectivity index (χ0n) is 17.0. The maximum Gasteiger partial charge on any atom is 0.198 e. The Morgan fingerprint density at radius 3 is 2.83 bits per heavy atom. The third kappa shape index (κ3) is 4.10. The SMILES string of the molecule is COc1ccc(C2CCCN2Cn2nc(Cc3cccs3)n(C)c2=S)c(OC)c1. The molecule has 0 spiro atoms. The summed E-state index contributed by atoms with van der Waals surface area (Å²) < 4.78 is 15.7. The van der Waals surface area contributed by atoms with Crippen LogP contribution in [0.1, 0.15) is 35.1 Å². The third-order valence-corrected chi connectivity index (χ3v) is 6.88. The van der Waals surface area contributed by atoms with Crippen LogP contribution in [0.5, 0.6) is 11.5 Å². The van der Waals surface area contributed by atoms with Gasteiger partial charge in [-0.05, 0) is 42.6 Å². The van der Waals surface area contributed by atoms with E-state index in [2.05, 4.69) is 28.5 Å². The second-order valence-corrected chi connectivity index (χ2v) is 8.63. The van der Waals surface area contributed by atoms with Gasteiger partial charge in [0.2, 0.25) is 0 Å². The first-order valence-corrected chi connectivity index (χ1v) is 11.0. The number of methoxy groups -OCH3 is 2. The average Bonchev–Trinajstić information content (AvgIpc) is 3.47. The molecular weight excluding hydrogens is 404 g/mol. The van der Waals surface area contributed by atoms with Gasteiger partial charge in [-0.25, -0.2) is 4.68 Å². The number of thiophene rings is 1. The van der Waals surface area contributed by atoms with E-state index in [1.54, 1.807) is 25.6 Å². The monoisotopic (exact) mass is 430 g/mol. The lowest BCUT2D eigenvalue weighted by atomic mass is 10.0. The number of nitrogens with zero attached hydrogens (tertiary/aromatic N) is 4. The summed E-state index contributed by atoms with van der Waals surface area (Å²) in [5.74, 6) is 2.67. The predicted molar refractivity (Wildman–Crippen MR) is 117 cm³/mol. The number of benzene rings is 1. The van der Waals surface area contributed by atoms with Crippen molar-refractivity contribution in [3.05, 3.63) is 56.7 Å². The molecule has 0 amide bonds. The zero-order chi connectivity index (χ0) is 20.4. The largest absolute Gasteiger partial charge is 0.497 e. The molecule has 8 heteroatoms. The van der Waals surface area contributed by atoms with Crippen LogP contribution in [0.15, 0.2) is 35.7 Å². The Bertz CT molecular complexity index is 1030. The Hall–Kier alpha value is -2.16. The van der Waals surface area contributed by atoms with Crippen LogP contribution in [0.2, 0.25) is 0 Å². The second-order valence-electron chi connectivity index (χ2n) is 7.23. The molecule has 4 rings (SSSR count). The average molecular weight is 431 g/mol. The van der Waals surface area contributed by atoms with Gasteiger partial charge in [0.1, 0.15) is 17.3 Å². The summed E-state index contributed by atoms with van der Waals surface area (Å²) >= 11 is 7.43. The van der Waals surface area contributed by atoms with Gasteiger partial charge in [0.25, 0.3) is 0 Å². The van der Waals surface area contributed by atoms with Crippen molar-refractivity contribution in [3.8, 4) is 11.5 Å². The van der Waals surface area contributed by atoms with Gasteiger partial charge in [-0.2, -0.15) is 5.10 Å². The second kappa shape index (κ2) is 8.69. The summed E-state index contributed by atoms with van der Waals surface area (Å²) in [6.45, 7) is 1.69. The van der Waals surface area contributed by atoms with Crippen LogP contribution < -0.4 is 9.47 Å². The number of ether oxygens (including phenoxy) is 2. The van der Waals surface area contributed by atoms with E-state index in [0.29, 0.717) is 6.67 Å². The van der Waals surface area contributed by atoms with E-state index in [9.17, 15) is 0 Å². The molecule has 0 bridgehead atoms. The first-order chi connectivity index (χ1) is 14.1. The quantitative estimate of drug-likeness (QED) is 0.520. The molecule has 1 aromatic carbocycles. The zero-order valence-corrected chi connectivity index (χ0v) is 18.6. The fourth-order valence-electron chi connectivity index (χ4n) is 3.96. The molecule has 6 nitrogen and oxygen atoms in total. The van der Waals surface area contributed by atoms with Crippen LogP contribution in [-0.4, -0.2) is 40.0 Å². The van der Waals surface area contributed by atoms with Gasteiger partial charge in [0.05, 0.1) is 20.9 Å². The molecular formula is C21H26N4O2S2. The van der Waals surface area contributed by atoms with Crippen molar-refractivity contribution in [2.24, 2.45) is 7.05 Å². The van der Waals surface area contributed by atoms with Crippen LogP contribution in [0, 0.1) is 4.77 Å². The molecule has 1 unspecified atom stereocenters. The molecule has 1 saturated heterocycles. The molecule has 0 aliphatic carbocycles. The molecule has 1 atom stereocenters. The number of hydrogen-bond acceptors (Lipinski definition) is 6. The summed E-state index contributed by atoms with van der Waals surface area (Å²) in [5.41, 5.74) is 1.19. The van der Waals surface area contributed by atoms with Crippen molar-refractivity contribution in [1.29, 1.82) is 0 Å². The van der Waals surface area contributed by atoms with Gasteiger partial charge in [0, 0.05) is 42.6 Å². The molecule has 1 aliphatic heterocycles. The lowest BCUT2D eigenvalue weighted by Gasteiger charge is -2.26. The van der Waals surface area contributed by atoms with Crippen molar-refractivity contribution in [2.45, 2.75) is 32.0 Å². The first kappa shape index (κ1) is 20.1. The van der Waals surface area contributed by atoms with Crippen LogP contribution in [0.25, 0.3) is 0 Å². The van der Waals surface area contributed by atoms with Crippen LogP contribution >= 0.6 is 23.6 Å². The fraction of sp³-hybridized carbons (Fsp3) is 0.429. The minimum Gasteiger partial charge on any atom is -0.497 e. The number of rotatable bonds is 7. The molecule has 154 valence electrons. The Kier molecular flexibility index (Phi) is 6.03. The minimum atomic E-state index is 0.278. The highest BCUT2D eigenvalue weighted by Crippen LogP contribution is 2.38. The normalized spacial score (nSPS) is 17.0. The Morgan fingerprint density at radius 2 is 2.10 bits per heavy atom. The molecule has 2 aromatic heterocycles. The minimum absolute atomic E-state index is 0.278. The van der Waals surface area contributed by atoms with Crippen molar-refractivity contribution < 1.29 is 9.47 Å². The van der Waals surface area contributed by atoms with Crippen LogP contribution in [0.4, 0.5) is 0 Å². The molecule has 3 heterocycles. The van der Waals surface area contributed by atoms with E-state index in [1.165, 1.54) is 10.4 Å². The van der Waals surface area contributed by atoms with Gasteiger partial charge in [-0.15, -0.1) is 11.3 Å². The number of hydrogen-bond donors (Lipinski definition) is 0. The number of likely N-dealkylation sites (tertiary alicyclic amines) is 1. The molecule has 0 N–H and O–H groups in total. The van der Waals surface area contributed by atoms with Crippen molar-refractivity contribution >= 4 is 23.6 Å². The molecule has 29 heavy (non-hydrogen) atoms. The molecule has 1 aliphatic rings. The Labute approximate surface area is 180 Å². The maximum absolute atomic E-state index is 5.68. The molecule has 0 saturated carbocycles. The predicted octanol–water partition coefficient (Wildman–Crippen LogP) is 4.42. The first-order valence-electron chi connectivity index (χ1n) is 9.71. The van der Waals surface area contributed by atoms with Gasteiger partial charge in [-0.3, -0.25) is 4.90 Å². The van der Waals surface area contributed by atoms with Gasteiger partial charge < -0.3 is 14.0 Å². The van der Waals surface area contributed by atoms with Crippen LogP contribution in [-0.2, 0) is 20.1 Å². The van der Waals surface area contributed by atoms with Crippen molar-refractivity contribution in [3.63, 3.8) is 0 Å². The van der Waals surface area contributed by atoms with E-state index in [0.717, 1.165) is 47.9 Å². The lowest BCUT2D eigenvalue weighted by molar-refractivity contribution is 0.186. The summed E-state index contributed by atoms with van der Waals surface area (Å²) in [6, 6.07) is 10.6. The smallest absolute Gasteiger partial charge is 0.198 e. The van der Waals surface area contributed by atoms with E-state index < -0.39 is 0 Å². The third-order valence-electron chi connectivity index (χ3n) is 5.52. The van der Waals surface area contributed by atoms with Gasteiger partial charge in [0.15, 0.2) is 4.77 Å². The maximum atomic E-state index is 5.68. The fourth-order valence-corrected chi connectivity index (χ4v) is 4.87. The van der Waals surface area contributed by atoms with Crippen molar-refractivity contribution in [1.82, 2.24) is 19.2 Å². The van der Waals surface area contributed by atoms with Crippen LogP contribution in [0.3, 0.4) is 0 Å². The van der Waals surface area contributed by atoms with Gasteiger partial charge in [-0.1, -0.05) is 12.1 Å². The van der Waals surface area contributed by atoms with E-state index >= 15 is 0 Å². The highest BCUT2D eigenvalue weighted by atomic mass is 32.1. The highest BCUT2D eigenvalue weighted by molar-refractivity contribution is 7.71. The van der Waals surface area contributed by atoms with E-state index in [4.69, 9.17) is 26.8 Å². The van der Waals surface area contributed by atoms with E-state index in [-0.39, 0.29) is 6.04 Å². The Morgan fingerprint density at radius 1 is 1.24 bits per heavy atom. The standard InChI is InChI=1S/C21H26N4O2S2/c1-23-20(13-16-6-5-11-29-16)22-25(21(23)28)14-24-10-4-7-18(24)17-9-8-15(26-2)12-19(17)27-3/h5-6,8-9,11-12,18H,4,7,10,13-14H2,1-3H3. The summed E-state index contributed by atoms with van der Waals surface area (Å²) in [4.78, 5) is 3.73.